The van der Waals surface area contributed by atoms with Crippen molar-refractivity contribution >= 4 is 0 Å². The Labute approximate surface area is 121 Å². The summed E-state index contributed by atoms with van der Waals surface area (Å²) in [7, 11) is 0. The van der Waals surface area contributed by atoms with Crippen LogP contribution >= 0.6 is 0 Å². The molecule has 3 rings (SSSR count). The molecule has 2 fully saturated rings. The van der Waals surface area contributed by atoms with Gasteiger partial charge in [0.15, 0.2) is 0 Å². The van der Waals surface area contributed by atoms with Gasteiger partial charge in [-0.15, -0.1) is 0 Å². The van der Waals surface area contributed by atoms with Crippen LogP contribution in [0.2, 0.25) is 0 Å². The molecule has 1 aliphatic heterocycles. The molecule has 0 amide bonds. The smallest absolute Gasteiger partial charge is 0.119 e. The highest BCUT2D eigenvalue weighted by Crippen LogP contribution is 2.35. The van der Waals surface area contributed by atoms with E-state index in [-0.39, 0.29) is 11.0 Å². The van der Waals surface area contributed by atoms with E-state index in [0.717, 1.165) is 38.4 Å². The molecule has 0 unspecified atom stereocenters. The Bertz CT molecular complexity index is 445. The van der Waals surface area contributed by atoms with Crippen molar-refractivity contribution in [1.29, 1.82) is 0 Å². The molecule has 3 nitrogen and oxygen atoms in total. The maximum Gasteiger partial charge on any atom is 0.119 e. The van der Waals surface area contributed by atoms with Gasteiger partial charge in [0, 0.05) is 11.0 Å². The number of rotatable bonds is 4. The number of nitrogens with two attached hydrogens (primary N) is 1. The lowest BCUT2D eigenvalue weighted by atomic mass is 9.77. The molecule has 1 aromatic rings. The minimum Gasteiger partial charge on any atom is -0.493 e. The summed E-state index contributed by atoms with van der Waals surface area (Å²) in [5, 5.41) is 0. The van der Waals surface area contributed by atoms with E-state index in [1.165, 1.54) is 24.8 Å². The summed E-state index contributed by atoms with van der Waals surface area (Å²) in [4.78, 5) is 0. The zero-order chi connectivity index (χ0) is 14.1. The molecular weight excluding hydrogens is 250 g/mol. The Morgan fingerprint density at radius 3 is 2.30 bits per heavy atom. The normalized spacial score (nSPS) is 23.9. The predicted octanol–water partition coefficient (Wildman–Crippen LogP) is 3.22. The molecule has 2 N–H and O–H groups in total. The number of hydrogen-bond acceptors (Lipinski definition) is 3. The SMILES string of the molecule is CC1(COc2ccc(C3(N)CCCCC3)cc2)COC1. The molecule has 0 aromatic heterocycles. The Morgan fingerprint density at radius 1 is 1.10 bits per heavy atom. The highest BCUT2D eigenvalue weighted by Gasteiger charge is 2.34. The van der Waals surface area contributed by atoms with Gasteiger partial charge in [0.2, 0.25) is 0 Å². The summed E-state index contributed by atoms with van der Waals surface area (Å²) >= 11 is 0. The van der Waals surface area contributed by atoms with Gasteiger partial charge in [0.05, 0.1) is 19.8 Å². The molecule has 1 aliphatic carbocycles. The molecule has 1 saturated carbocycles. The molecule has 1 heterocycles. The van der Waals surface area contributed by atoms with Crippen molar-refractivity contribution in [3.05, 3.63) is 29.8 Å². The van der Waals surface area contributed by atoms with Gasteiger partial charge in [-0.25, -0.2) is 0 Å². The van der Waals surface area contributed by atoms with Crippen molar-refractivity contribution in [2.24, 2.45) is 11.1 Å². The van der Waals surface area contributed by atoms with Crippen LogP contribution in [0.5, 0.6) is 5.75 Å². The molecule has 3 heteroatoms. The Balaban J connectivity index is 1.62. The van der Waals surface area contributed by atoms with E-state index < -0.39 is 0 Å². The van der Waals surface area contributed by atoms with Crippen molar-refractivity contribution in [1.82, 2.24) is 0 Å². The van der Waals surface area contributed by atoms with Crippen LogP contribution in [0.3, 0.4) is 0 Å². The zero-order valence-corrected chi connectivity index (χ0v) is 12.4. The van der Waals surface area contributed by atoms with Gasteiger partial charge in [0.25, 0.3) is 0 Å². The molecule has 0 atom stereocenters. The Morgan fingerprint density at radius 2 is 1.75 bits per heavy atom. The van der Waals surface area contributed by atoms with E-state index in [1.807, 2.05) is 0 Å². The summed E-state index contributed by atoms with van der Waals surface area (Å²) in [6.07, 6.45) is 6.01. The second-order valence-corrected chi connectivity index (χ2v) is 6.83. The van der Waals surface area contributed by atoms with Crippen LogP contribution in [0.15, 0.2) is 24.3 Å². The third-order valence-electron chi connectivity index (χ3n) is 4.66. The lowest BCUT2D eigenvalue weighted by molar-refractivity contribution is -0.120. The quantitative estimate of drug-likeness (QED) is 0.917. The summed E-state index contributed by atoms with van der Waals surface area (Å²) < 4.78 is 11.1. The summed E-state index contributed by atoms with van der Waals surface area (Å²) in [5.41, 5.74) is 7.87. The third kappa shape index (κ3) is 2.84. The zero-order valence-electron chi connectivity index (χ0n) is 12.4. The third-order valence-corrected chi connectivity index (χ3v) is 4.66. The fraction of sp³-hybridized carbons (Fsp3) is 0.647. The molecule has 110 valence electrons. The Hall–Kier alpha value is -1.06. The lowest BCUT2D eigenvalue weighted by Crippen LogP contribution is -2.44. The molecule has 2 aliphatic rings. The highest BCUT2D eigenvalue weighted by molar-refractivity contribution is 5.32. The van der Waals surface area contributed by atoms with Gasteiger partial charge in [-0.05, 0) is 30.5 Å². The topological polar surface area (TPSA) is 44.5 Å². The van der Waals surface area contributed by atoms with Crippen LogP contribution in [0.4, 0.5) is 0 Å². The number of ether oxygens (including phenoxy) is 2. The van der Waals surface area contributed by atoms with Gasteiger partial charge < -0.3 is 15.2 Å². The van der Waals surface area contributed by atoms with Crippen LogP contribution in [-0.2, 0) is 10.3 Å². The van der Waals surface area contributed by atoms with Gasteiger partial charge in [-0.2, -0.15) is 0 Å². The molecule has 0 spiro atoms. The van der Waals surface area contributed by atoms with Gasteiger partial charge in [-0.3, -0.25) is 0 Å². The Kier molecular flexibility index (Phi) is 3.74. The van der Waals surface area contributed by atoms with E-state index in [0.29, 0.717) is 0 Å². The monoisotopic (exact) mass is 275 g/mol. The average molecular weight is 275 g/mol. The first-order valence-corrected chi connectivity index (χ1v) is 7.70. The molecule has 0 bridgehead atoms. The van der Waals surface area contributed by atoms with E-state index in [4.69, 9.17) is 15.2 Å². The predicted molar refractivity (Wildman–Crippen MR) is 79.8 cm³/mol. The largest absolute Gasteiger partial charge is 0.493 e. The fourth-order valence-electron chi connectivity index (χ4n) is 3.15. The number of hydrogen-bond donors (Lipinski definition) is 1. The highest BCUT2D eigenvalue weighted by atomic mass is 16.5. The first kappa shape index (κ1) is 13.9. The first-order chi connectivity index (χ1) is 9.60. The van der Waals surface area contributed by atoms with Crippen LogP contribution in [-0.4, -0.2) is 19.8 Å². The summed E-state index contributed by atoms with van der Waals surface area (Å²) in [5.74, 6) is 0.932. The summed E-state index contributed by atoms with van der Waals surface area (Å²) in [6, 6.07) is 8.39. The van der Waals surface area contributed by atoms with Crippen LogP contribution in [0.1, 0.15) is 44.6 Å². The fourth-order valence-corrected chi connectivity index (χ4v) is 3.15. The van der Waals surface area contributed by atoms with Crippen molar-refractivity contribution in [2.75, 3.05) is 19.8 Å². The molecule has 0 radical (unpaired) electrons. The second kappa shape index (κ2) is 5.38. The van der Waals surface area contributed by atoms with Gasteiger partial charge in [0.1, 0.15) is 5.75 Å². The van der Waals surface area contributed by atoms with Crippen molar-refractivity contribution in [3.63, 3.8) is 0 Å². The standard InChI is InChI=1S/C17H25NO2/c1-16(11-19-12-16)13-20-15-7-5-14(6-8-15)17(18)9-3-2-4-10-17/h5-8H,2-4,9-13,18H2,1H3. The number of benzene rings is 1. The van der Waals surface area contributed by atoms with Gasteiger partial charge >= 0.3 is 0 Å². The minimum absolute atomic E-state index is 0.120. The summed E-state index contributed by atoms with van der Waals surface area (Å²) in [6.45, 7) is 4.52. The molecular formula is C17H25NO2. The van der Waals surface area contributed by atoms with Crippen molar-refractivity contribution in [3.8, 4) is 5.75 Å². The van der Waals surface area contributed by atoms with Crippen molar-refractivity contribution in [2.45, 2.75) is 44.6 Å². The molecule has 1 saturated heterocycles. The van der Waals surface area contributed by atoms with Crippen LogP contribution in [0.25, 0.3) is 0 Å². The minimum atomic E-state index is -0.120. The van der Waals surface area contributed by atoms with Gasteiger partial charge in [-0.1, -0.05) is 38.3 Å². The maximum atomic E-state index is 6.55. The average Bonchev–Trinajstić information content (AvgIpc) is 2.44. The maximum absolute atomic E-state index is 6.55. The van der Waals surface area contributed by atoms with E-state index in [1.54, 1.807) is 0 Å². The second-order valence-electron chi connectivity index (χ2n) is 6.83. The van der Waals surface area contributed by atoms with Crippen molar-refractivity contribution < 1.29 is 9.47 Å². The first-order valence-electron chi connectivity index (χ1n) is 7.70. The van der Waals surface area contributed by atoms with E-state index in [2.05, 4.69) is 31.2 Å². The van der Waals surface area contributed by atoms with E-state index in [9.17, 15) is 0 Å². The van der Waals surface area contributed by atoms with Crippen LogP contribution < -0.4 is 10.5 Å². The van der Waals surface area contributed by atoms with E-state index >= 15 is 0 Å². The molecule has 1 aromatic carbocycles. The lowest BCUT2D eigenvalue weighted by Gasteiger charge is -2.37. The molecule has 20 heavy (non-hydrogen) atoms. The van der Waals surface area contributed by atoms with Crippen LogP contribution in [0, 0.1) is 5.41 Å².